The van der Waals surface area contributed by atoms with Gasteiger partial charge in [-0.1, -0.05) is 30.3 Å². The largest absolute Gasteiger partial charge is 0.425 e. The molecule has 1 aromatic carbocycles. The lowest BCUT2D eigenvalue weighted by molar-refractivity contribution is -0.198. The van der Waals surface area contributed by atoms with Crippen molar-refractivity contribution < 1.29 is 27.6 Å². The molecule has 1 fully saturated rings. The minimum absolute atomic E-state index is 0.156. The molecule has 3 N–H and O–H groups in total. The molecule has 0 spiro atoms. The number of nitrogens with two attached hydrogens (primary N) is 1. The summed E-state index contributed by atoms with van der Waals surface area (Å²) in [5.41, 5.74) is 1.19. The zero-order valence-electron chi connectivity index (χ0n) is 10.5. The number of hydrogen-bond donors (Lipinski definition) is 2. The third-order valence-corrected chi connectivity index (χ3v) is 3.05. The van der Waals surface area contributed by atoms with Crippen LogP contribution in [0.3, 0.4) is 0 Å². The maximum atomic E-state index is 13.5. The second-order valence-electron chi connectivity index (χ2n) is 4.40. The van der Waals surface area contributed by atoms with Crippen LogP contribution in [0.5, 0.6) is 0 Å². The van der Waals surface area contributed by atoms with E-state index in [1.807, 2.05) is 0 Å². The van der Waals surface area contributed by atoms with Crippen LogP contribution >= 0.6 is 0 Å². The number of imide groups is 1. The van der Waals surface area contributed by atoms with E-state index in [2.05, 4.69) is 0 Å². The predicted octanol–water partition coefficient (Wildman–Crippen LogP) is 0.481. The fourth-order valence-electron chi connectivity index (χ4n) is 2.12. The molecule has 1 atom stereocenters. The predicted molar refractivity (Wildman–Crippen MR) is 63.6 cm³/mol. The standard InChI is InChI=1S/C12H10F3N3O3/c13-12(14,15)11(7-4-2-1-3-5-7)9(20)18(6-8(16)19)10(21)17-11/h1-5H,6H2,(H2,16,19)(H,17,21)/t11-/m0/s1. The lowest BCUT2D eigenvalue weighted by atomic mass is 9.89. The lowest BCUT2D eigenvalue weighted by Crippen LogP contribution is -2.56. The van der Waals surface area contributed by atoms with Crippen molar-refractivity contribution >= 4 is 17.8 Å². The first-order valence-corrected chi connectivity index (χ1v) is 5.75. The van der Waals surface area contributed by atoms with Crippen molar-refractivity contribution in [2.75, 3.05) is 6.54 Å². The van der Waals surface area contributed by atoms with Crippen LogP contribution in [-0.2, 0) is 15.1 Å². The van der Waals surface area contributed by atoms with Crippen molar-refractivity contribution in [3.05, 3.63) is 35.9 Å². The van der Waals surface area contributed by atoms with Crippen molar-refractivity contribution in [1.82, 2.24) is 10.2 Å². The van der Waals surface area contributed by atoms with E-state index in [-0.39, 0.29) is 4.90 Å². The Morgan fingerprint density at radius 3 is 2.29 bits per heavy atom. The molecule has 0 aliphatic carbocycles. The maximum absolute atomic E-state index is 13.5. The number of halogens is 3. The molecule has 1 saturated heterocycles. The first-order valence-electron chi connectivity index (χ1n) is 5.75. The summed E-state index contributed by atoms with van der Waals surface area (Å²) in [6.07, 6.45) is -5.08. The Kier molecular flexibility index (Phi) is 3.36. The van der Waals surface area contributed by atoms with E-state index in [0.717, 1.165) is 12.1 Å². The van der Waals surface area contributed by atoms with E-state index < -0.39 is 41.7 Å². The molecule has 1 heterocycles. The average molecular weight is 301 g/mol. The lowest BCUT2D eigenvalue weighted by Gasteiger charge is -2.29. The van der Waals surface area contributed by atoms with Crippen LogP contribution in [0.1, 0.15) is 5.56 Å². The maximum Gasteiger partial charge on any atom is 0.425 e. The first-order chi connectivity index (χ1) is 9.70. The molecule has 0 bridgehead atoms. The molecule has 21 heavy (non-hydrogen) atoms. The highest BCUT2D eigenvalue weighted by molar-refractivity contribution is 6.09. The minimum atomic E-state index is -5.08. The Hall–Kier alpha value is -2.58. The Bertz CT molecular complexity index is 603. The van der Waals surface area contributed by atoms with E-state index in [1.165, 1.54) is 18.2 Å². The van der Waals surface area contributed by atoms with Gasteiger partial charge in [0, 0.05) is 0 Å². The Balaban J connectivity index is 2.57. The highest BCUT2D eigenvalue weighted by Gasteiger charge is 2.68. The summed E-state index contributed by atoms with van der Waals surface area (Å²) in [6, 6.07) is 4.90. The summed E-state index contributed by atoms with van der Waals surface area (Å²) in [7, 11) is 0. The number of primary amides is 1. The zero-order chi connectivity index (χ0) is 15.8. The van der Waals surface area contributed by atoms with Crippen LogP contribution in [0.15, 0.2) is 30.3 Å². The van der Waals surface area contributed by atoms with Gasteiger partial charge in [0.15, 0.2) is 0 Å². The number of hydrogen-bond acceptors (Lipinski definition) is 3. The van der Waals surface area contributed by atoms with Gasteiger partial charge in [-0.3, -0.25) is 14.5 Å². The highest BCUT2D eigenvalue weighted by Crippen LogP contribution is 2.43. The molecule has 112 valence electrons. The van der Waals surface area contributed by atoms with Crippen molar-refractivity contribution in [3.63, 3.8) is 0 Å². The number of carbonyl (C=O) groups excluding carboxylic acids is 3. The molecular weight excluding hydrogens is 291 g/mol. The number of benzene rings is 1. The van der Waals surface area contributed by atoms with Crippen molar-refractivity contribution in [3.8, 4) is 0 Å². The van der Waals surface area contributed by atoms with Crippen LogP contribution < -0.4 is 11.1 Å². The van der Waals surface area contributed by atoms with E-state index in [9.17, 15) is 27.6 Å². The number of rotatable bonds is 3. The molecule has 1 aromatic rings. The van der Waals surface area contributed by atoms with Gasteiger partial charge in [-0.25, -0.2) is 4.79 Å². The van der Waals surface area contributed by atoms with Gasteiger partial charge in [0.1, 0.15) is 6.54 Å². The highest BCUT2D eigenvalue weighted by atomic mass is 19.4. The molecular formula is C12H10F3N3O3. The van der Waals surface area contributed by atoms with Crippen LogP contribution in [0, 0.1) is 0 Å². The van der Waals surface area contributed by atoms with Crippen LogP contribution in [0.4, 0.5) is 18.0 Å². The van der Waals surface area contributed by atoms with Gasteiger partial charge in [-0.15, -0.1) is 0 Å². The fraction of sp³-hybridized carbons (Fsp3) is 0.250. The number of amides is 4. The molecule has 2 rings (SSSR count). The molecule has 0 unspecified atom stereocenters. The van der Waals surface area contributed by atoms with Gasteiger partial charge in [0.2, 0.25) is 11.4 Å². The van der Waals surface area contributed by atoms with Crippen LogP contribution in [0.25, 0.3) is 0 Å². The number of nitrogens with one attached hydrogen (secondary N) is 1. The number of alkyl halides is 3. The van der Waals surface area contributed by atoms with E-state index >= 15 is 0 Å². The summed E-state index contributed by atoms with van der Waals surface area (Å²) in [4.78, 5) is 34.7. The summed E-state index contributed by atoms with van der Waals surface area (Å²) in [5.74, 6) is -2.67. The van der Waals surface area contributed by atoms with Gasteiger partial charge in [0.05, 0.1) is 0 Å². The molecule has 6 nitrogen and oxygen atoms in total. The molecule has 0 aromatic heterocycles. The minimum Gasteiger partial charge on any atom is -0.368 e. The monoisotopic (exact) mass is 301 g/mol. The number of carbonyl (C=O) groups is 3. The summed E-state index contributed by atoms with van der Waals surface area (Å²) < 4.78 is 40.4. The average Bonchev–Trinajstić information content (AvgIpc) is 2.64. The van der Waals surface area contributed by atoms with Crippen molar-refractivity contribution in [2.45, 2.75) is 11.7 Å². The molecule has 1 aliphatic rings. The van der Waals surface area contributed by atoms with Gasteiger partial charge in [-0.2, -0.15) is 13.2 Å². The van der Waals surface area contributed by atoms with Gasteiger partial charge in [0.25, 0.3) is 5.91 Å². The molecule has 4 amide bonds. The van der Waals surface area contributed by atoms with Crippen molar-refractivity contribution in [1.29, 1.82) is 0 Å². The topological polar surface area (TPSA) is 92.5 Å². The Morgan fingerprint density at radius 2 is 1.81 bits per heavy atom. The Morgan fingerprint density at radius 1 is 1.24 bits per heavy atom. The summed E-state index contributed by atoms with van der Waals surface area (Å²) >= 11 is 0. The van der Waals surface area contributed by atoms with Crippen molar-refractivity contribution in [2.24, 2.45) is 5.73 Å². The second kappa shape index (κ2) is 4.76. The zero-order valence-corrected chi connectivity index (χ0v) is 10.5. The number of urea groups is 1. The van der Waals surface area contributed by atoms with Crippen LogP contribution in [-0.4, -0.2) is 35.5 Å². The smallest absolute Gasteiger partial charge is 0.368 e. The molecule has 9 heteroatoms. The van der Waals surface area contributed by atoms with Gasteiger partial charge < -0.3 is 11.1 Å². The SMILES string of the molecule is NC(=O)CN1C(=O)N[C@](c2ccccc2)(C(F)(F)F)C1=O. The van der Waals surface area contributed by atoms with Crippen LogP contribution in [0.2, 0.25) is 0 Å². The normalized spacial score (nSPS) is 22.3. The first kappa shape index (κ1) is 14.8. The van der Waals surface area contributed by atoms with E-state index in [0.29, 0.717) is 0 Å². The van der Waals surface area contributed by atoms with E-state index in [4.69, 9.17) is 5.73 Å². The van der Waals surface area contributed by atoms with E-state index in [1.54, 1.807) is 5.32 Å². The summed E-state index contributed by atoms with van der Waals surface area (Å²) in [6.45, 7) is -0.921. The third kappa shape index (κ3) is 2.20. The second-order valence-corrected chi connectivity index (χ2v) is 4.40. The number of nitrogens with zero attached hydrogens (tertiary/aromatic N) is 1. The molecule has 0 saturated carbocycles. The van der Waals surface area contributed by atoms with Gasteiger partial charge in [-0.05, 0) is 5.56 Å². The van der Waals surface area contributed by atoms with Gasteiger partial charge >= 0.3 is 12.2 Å². The molecule has 0 radical (unpaired) electrons. The third-order valence-electron chi connectivity index (χ3n) is 3.05. The Labute approximate surface area is 116 Å². The summed E-state index contributed by atoms with van der Waals surface area (Å²) in [5, 5.41) is 1.63. The quantitative estimate of drug-likeness (QED) is 0.795. The molecule has 1 aliphatic heterocycles. The fourth-order valence-corrected chi connectivity index (χ4v) is 2.12.